The topological polar surface area (TPSA) is 102 Å². The summed E-state index contributed by atoms with van der Waals surface area (Å²) in [6.07, 6.45) is -1.17. The van der Waals surface area contributed by atoms with Gasteiger partial charge in [-0.15, -0.1) is 0 Å². The van der Waals surface area contributed by atoms with Crippen LogP contribution in [0.5, 0.6) is 0 Å². The van der Waals surface area contributed by atoms with E-state index in [1.807, 2.05) is 0 Å². The predicted octanol–water partition coefficient (Wildman–Crippen LogP) is 1.25. The van der Waals surface area contributed by atoms with Gasteiger partial charge in [0.15, 0.2) is 6.10 Å². The lowest BCUT2D eigenvalue weighted by molar-refractivity contribution is -0.386. The number of anilines is 1. The molecule has 98 valence electrons. The quantitative estimate of drug-likeness (QED) is 0.588. The molecule has 0 heterocycles. The molecular weight excluding hydrogens is 247 g/mol. The van der Waals surface area contributed by atoms with Gasteiger partial charge in [-0.05, 0) is 12.1 Å². The van der Waals surface area contributed by atoms with Crippen molar-refractivity contribution in [2.75, 3.05) is 19.0 Å². The number of methoxy groups -OCH3 is 1. The molecule has 7 nitrogen and oxygen atoms in total. The minimum absolute atomic E-state index is 0.0942. The largest absolute Gasteiger partial charge is 0.479 e. The summed E-state index contributed by atoms with van der Waals surface area (Å²) >= 11 is 0. The standard InChI is InChI=1S/C10H11FN2O5/c1-18-8(10(14)15)5-12-7-4-2-3-6(11)9(7)13(16)17/h2-4,8,12H,5H2,1H3,(H,14,15). The molecule has 0 fully saturated rings. The Kier molecular flexibility index (Phi) is 4.55. The van der Waals surface area contributed by atoms with E-state index in [4.69, 9.17) is 5.11 Å². The second kappa shape index (κ2) is 5.92. The van der Waals surface area contributed by atoms with Crippen molar-refractivity contribution < 1.29 is 24.0 Å². The molecular formula is C10H11FN2O5. The second-order valence-corrected chi connectivity index (χ2v) is 3.34. The third-order valence-corrected chi connectivity index (χ3v) is 2.21. The Balaban J connectivity index is 2.88. The molecule has 0 radical (unpaired) electrons. The molecule has 8 heteroatoms. The van der Waals surface area contributed by atoms with Crippen LogP contribution in [0, 0.1) is 15.9 Å². The number of nitro groups is 1. The van der Waals surface area contributed by atoms with Crippen molar-refractivity contribution in [3.8, 4) is 0 Å². The van der Waals surface area contributed by atoms with Crippen molar-refractivity contribution in [1.82, 2.24) is 0 Å². The molecule has 1 atom stereocenters. The maximum absolute atomic E-state index is 13.2. The number of carbonyl (C=O) groups is 1. The van der Waals surface area contributed by atoms with E-state index >= 15 is 0 Å². The van der Waals surface area contributed by atoms with E-state index in [0.29, 0.717) is 0 Å². The fraction of sp³-hybridized carbons (Fsp3) is 0.300. The van der Waals surface area contributed by atoms with Gasteiger partial charge in [-0.2, -0.15) is 4.39 Å². The molecule has 0 aliphatic rings. The van der Waals surface area contributed by atoms with Crippen LogP contribution in [-0.4, -0.2) is 35.8 Å². The summed E-state index contributed by atoms with van der Waals surface area (Å²) in [7, 11) is 1.19. The number of nitro benzene ring substituents is 1. The van der Waals surface area contributed by atoms with Gasteiger partial charge in [-0.3, -0.25) is 10.1 Å². The van der Waals surface area contributed by atoms with Crippen molar-refractivity contribution in [3.63, 3.8) is 0 Å². The van der Waals surface area contributed by atoms with Gasteiger partial charge in [0.05, 0.1) is 11.5 Å². The summed E-state index contributed by atoms with van der Waals surface area (Å²) in [5.41, 5.74) is -0.818. The highest BCUT2D eigenvalue weighted by atomic mass is 19.1. The number of ether oxygens (including phenoxy) is 1. The summed E-state index contributed by atoms with van der Waals surface area (Å²) < 4.78 is 17.9. The number of para-hydroxylation sites is 1. The highest BCUT2D eigenvalue weighted by Gasteiger charge is 2.22. The fourth-order valence-corrected chi connectivity index (χ4v) is 1.32. The summed E-state index contributed by atoms with van der Waals surface area (Å²) in [6, 6.07) is 3.53. The first-order valence-corrected chi connectivity index (χ1v) is 4.89. The van der Waals surface area contributed by atoms with Crippen LogP contribution >= 0.6 is 0 Å². The molecule has 0 spiro atoms. The summed E-state index contributed by atoms with van der Waals surface area (Å²) in [5, 5.41) is 21.9. The molecule has 0 saturated carbocycles. The van der Waals surface area contributed by atoms with E-state index in [1.165, 1.54) is 19.2 Å². The summed E-state index contributed by atoms with van der Waals surface area (Å²) in [6.45, 7) is -0.212. The number of aliphatic carboxylic acids is 1. The van der Waals surface area contributed by atoms with Crippen LogP contribution < -0.4 is 5.32 Å². The molecule has 0 aliphatic heterocycles. The number of carboxylic acid groups (broad SMARTS) is 1. The van der Waals surface area contributed by atoms with E-state index in [0.717, 1.165) is 6.07 Å². The van der Waals surface area contributed by atoms with Gasteiger partial charge in [0, 0.05) is 7.11 Å². The maximum atomic E-state index is 13.2. The first kappa shape index (κ1) is 13.8. The van der Waals surface area contributed by atoms with Crippen LogP contribution in [0.3, 0.4) is 0 Å². The third kappa shape index (κ3) is 3.14. The lowest BCUT2D eigenvalue weighted by atomic mass is 10.2. The molecule has 1 aromatic carbocycles. The van der Waals surface area contributed by atoms with Gasteiger partial charge >= 0.3 is 11.7 Å². The molecule has 1 unspecified atom stereocenters. The molecule has 2 N–H and O–H groups in total. The van der Waals surface area contributed by atoms with Crippen LogP contribution in [0.25, 0.3) is 0 Å². The number of hydrogen-bond acceptors (Lipinski definition) is 5. The summed E-state index contributed by atoms with van der Waals surface area (Å²) in [4.78, 5) is 20.5. The molecule has 0 amide bonds. The molecule has 18 heavy (non-hydrogen) atoms. The Labute approximate surface area is 101 Å². The number of nitrogens with zero attached hydrogens (tertiary/aromatic N) is 1. The monoisotopic (exact) mass is 258 g/mol. The third-order valence-electron chi connectivity index (χ3n) is 2.21. The number of hydrogen-bond donors (Lipinski definition) is 2. The van der Waals surface area contributed by atoms with Gasteiger partial charge in [0.2, 0.25) is 5.82 Å². The zero-order valence-electron chi connectivity index (χ0n) is 9.42. The van der Waals surface area contributed by atoms with E-state index in [9.17, 15) is 19.3 Å². The Hall–Kier alpha value is -2.22. The average Bonchev–Trinajstić information content (AvgIpc) is 2.28. The highest BCUT2D eigenvalue weighted by Crippen LogP contribution is 2.27. The molecule has 1 rings (SSSR count). The zero-order chi connectivity index (χ0) is 13.7. The zero-order valence-corrected chi connectivity index (χ0v) is 9.42. The highest BCUT2D eigenvalue weighted by molar-refractivity contribution is 5.73. The van der Waals surface area contributed by atoms with Crippen LogP contribution in [0.1, 0.15) is 0 Å². The van der Waals surface area contributed by atoms with Crippen LogP contribution in [0.15, 0.2) is 18.2 Å². The van der Waals surface area contributed by atoms with Gasteiger partial charge in [-0.25, -0.2) is 4.79 Å². The smallest absolute Gasteiger partial charge is 0.334 e. The molecule has 0 saturated heterocycles. The van der Waals surface area contributed by atoms with Crippen molar-refractivity contribution in [1.29, 1.82) is 0 Å². The van der Waals surface area contributed by atoms with Gasteiger partial charge in [-0.1, -0.05) is 6.07 Å². The number of halogens is 1. The maximum Gasteiger partial charge on any atom is 0.334 e. The Bertz CT molecular complexity index is 466. The molecule has 1 aromatic rings. The fourth-order valence-electron chi connectivity index (χ4n) is 1.32. The minimum Gasteiger partial charge on any atom is -0.479 e. The SMILES string of the molecule is COC(CNc1cccc(F)c1[N+](=O)[O-])C(=O)O. The number of benzene rings is 1. The number of rotatable bonds is 6. The van der Waals surface area contributed by atoms with Gasteiger partial charge < -0.3 is 15.2 Å². The van der Waals surface area contributed by atoms with Crippen molar-refractivity contribution in [2.45, 2.75) is 6.10 Å². The first-order chi connectivity index (χ1) is 8.47. The van der Waals surface area contributed by atoms with Gasteiger partial charge in [0.1, 0.15) is 5.69 Å². The first-order valence-electron chi connectivity index (χ1n) is 4.89. The summed E-state index contributed by atoms with van der Waals surface area (Å²) in [5.74, 6) is -2.21. The normalized spacial score (nSPS) is 11.9. The second-order valence-electron chi connectivity index (χ2n) is 3.34. The lowest BCUT2D eigenvalue weighted by Crippen LogP contribution is -2.30. The van der Waals surface area contributed by atoms with E-state index in [2.05, 4.69) is 10.1 Å². The van der Waals surface area contributed by atoms with E-state index < -0.39 is 28.5 Å². The van der Waals surface area contributed by atoms with Crippen molar-refractivity contribution >= 4 is 17.3 Å². The van der Waals surface area contributed by atoms with Crippen LogP contribution in [0.2, 0.25) is 0 Å². The van der Waals surface area contributed by atoms with Crippen LogP contribution in [0.4, 0.5) is 15.8 Å². The molecule has 0 aromatic heterocycles. The Morgan fingerprint density at radius 3 is 2.83 bits per heavy atom. The average molecular weight is 258 g/mol. The predicted molar refractivity (Wildman–Crippen MR) is 60.0 cm³/mol. The van der Waals surface area contributed by atoms with Crippen LogP contribution in [-0.2, 0) is 9.53 Å². The lowest BCUT2D eigenvalue weighted by Gasteiger charge is -2.12. The Morgan fingerprint density at radius 1 is 1.67 bits per heavy atom. The van der Waals surface area contributed by atoms with E-state index in [-0.39, 0.29) is 12.2 Å². The minimum atomic E-state index is -1.22. The Morgan fingerprint density at radius 2 is 2.33 bits per heavy atom. The molecule has 0 bridgehead atoms. The van der Waals surface area contributed by atoms with Gasteiger partial charge in [0.25, 0.3) is 0 Å². The number of nitrogens with one attached hydrogen (secondary N) is 1. The van der Waals surface area contributed by atoms with Crippen molar-refractivity contribution in [3.05, 3.63) is 34.1 Å². The van der Waals surface area contributed by atoms with Crippen molar-refractivity contribution in [2.24, 2.45) is 0 Å². The molecule has 0 aliphatic carbocycles. The van der Waals surface area contributed by atoms with E-state index in [1.54, 1.807) is 0 Å². The number of carboxylic acids is 1.